The highest BCUT2D eigenvalue weighted by molar-refractivity contribution is 6.02. The Labute approximate surface area is 110 Å². The molecule has 0 radical (unpaired) electrons. The molecule has 6 heteroatoms. The molecule has 1 aromatic heterocycles. The Morgan fingerprint density at radius 2 is 2.16 bits per heavy atom. The van der Waals surface area contributed by atoms with Gasteiger partial charge in [0.15, 0.2) is 5.96 Å². The number of likely N-dealkylation sites (N-methyl/N-ethyl adjacent to an activating group) is 1. The summed E-state index contributed by atoms with van der Waals surface area (Å²) >= 11 is 0. The van der Waals surface area contributed by atoms with Gasteiger partial charge in [0, 0.05) is 29.7 Å². The van der Waals surface area contributed by atoms with Crippen molar-refractivity contribution in [3.63, 3.8) is 0 Å². The highest BCUT2D eigenvalue weighted by Crippen LogP contribution is 2.16. The number of guanidine groups is 1. The van der Waals surface area contributed by atoms with Crippen LogP contribution in [0.3, 0.4) is 0 Å². The number of benzene rings is 1. The molecule has 100 valence electrons. The molecule has 0 bridgehead atoms. The summed E-state index contributed by atoms with van der Waals surface area (Å²) in [5, 5.41) is 19.3. The normalized spacial score (nSPS) is 14.3. The molecule has 2 heterocycles. The van der Waals surface area contributed by atoms with Gasteiger partial charge in [0.05, 0.1) is 13.2 Å². The molecule has 1 amide bonds. The maximum atomic E-state index is 10.4. The van der Waals surface area contributed by atoms with E-state index in [1.54, 1.807) is 11.9 Å². The van der Waals surface area contributed by atoms with E-state index in [-0.39, 0.29) is 18.5 Å². The monoisotopic (exact) mass is 260 g/mol. The lowest BCUT2D eigenvalue weighted by molar-refractivity contribution is -0.118. The lowest BCUT2D eigenvalue weighted by Gasteiger charge is -2.03. The predicted molar refractivity (Wildman–Crippen MR) is 72.7 cm³/mol. The molecule has 1 saturated heterocycles. The van der Waals surface area contributed by atoms with Crippen molar-refractivity contribution < 1.29 is 9.90 Å². The van der Waals surface area contributed by atoms with Gasteiger partial charge in [-0.05, 0) is 6.07 Å². The second-order valence-electron chi connectivity index (χ2n) is 4.27. The molecule has 0 spiro atoms. The van der Waals surface area contributed by atoms with Crippen LogP contribution in [-0.4, -0.2) is 40.4 Å². The van der Waals surface area contributed by atoms with Crippen molar-refractivity contribution in [1.82, 2.24) is 15.2 Å². The van der Waals surface area contributed by atoms with Gasteiger partial charge in [-0.15, -0.1) is 0 Å². The van der Waals surface area contributed by atoms with E-state index in [4.69, 9.17) is 10.5 Å². The first kappa shape index (κ1) is 13.1. The van der Waals surface area contributed by atoms with Gasteiger partial charge in [0.1, 0.15) is 0 Å². The average Bonchev–Trinajstić information content (AvgIpc) is 2.93. The van der Waals surface area contributed by atoms with Crippen LogP contribution in [0.4, 0.5) is 0 Å². The highest BCUT2D eigenvalue weighted by atomic mass is 16.3. The third kappa shape index (κ3) is 2.92. The van der Waals surface area contributed by atoms with Crippen LogP contribution in [0.1, 0.15) is 5.56 Å². The highest BCUT2D eigenvalue weighted by Gasteiger charge is 2.18. The first-order valence-electron chi connectivity index (χ1n) is 5.87. The summed E-state index contributed by atoms with van der Waals surface area (Å²) in [7, 11) is 1.69. The van der Waals surface area contributed by atoms with Gasteiger partial charge in [0.2, 0.25) is 5.91 Å². The number of fused-ring (bicyclic) bond motifs is 1. The quantitative estimate of drug-likeness (QED) is 0.606. The summed E-state index contributed by atoms with van der Waals surface area (Å²) in [5.74, 6) is 0.0903. The Kier molecular flexibility index (Phi) is 3.82. The predicted octanol–water partition coefficient (Wildman–Crippen LogP) is 0.643. The molecule has 1 fully saturated rings. The van der Waals surface area contributed by atoms with Gasteiger partial charge in [-0.1, -0.05) is 18.2 Å². The second-order valence-corrected chi connectivity index (χ2v) is 4.27. The van der Waals surface area contributed by atoms with E-state index in [2.05, 4.69) is 10.3 Å². The van der Waals surface area contributed by atoms with Crippen molar-refractivity contribution in [2.24, 2.45) is 0 Å². The molecule has 1 aliphatic heterocycles. The molecule has 2 aromatic rings. The molecule has 1 aromatic carbocycles. The van der Waals surface area contributed by atoms with Gasteiger partial charge in [-0.2, -0.15) is 0 Å². The summed E-state index contributed by atoms with van der Waals surface area (Å²) in [6, 6.07) is 7.93. The summed E-state index contributed by atoms with van der Waals surface area (Å²) in [5.41, 5.74) is 2.04. The van der Waals surface area contributed by atoms with Crippen LogP contribution in [0.5, 0.6) is 0 Å². The van der Waals surface area contributed by atoms with E-state index < -0.39 is 0 Å². The Morgan fingerprint density at radius 3 is 2.68 bits per heavy atom. The number of carbonyl (C=O) groups excluding carboxylic acids is 1. The van der Waals surface area contributed by atoms with Crippen LogP contribution < -0.4 is 5.32 Å². The number of H-pyrrole nitrogens is 1. The molecule has 0 unspecified atom stereocenters. The van der Waals surface area contributed by atoms with Gasteiger partial charge in [-0.25, -0.2) is 0 Å². The number of amides is 1. The fourth-order valence-electron chi connectivity index (χ4n) is 1.82. The number of hydrogen-bond donors (Lipinski definition) is 4. The Hall–Kier alpha value is -2.34. The zero-order valence-electron chi connectivity index (χ0n) is 10.6. The molecule has 0 atom stereocenters. The number of aromatic nitrogens is 1. The number of aliphatic hydroxyl groups is 1. The topological polar surface area (TPSA) is 92.2 Å². The summed E-state index contributed by atoms with van der Waals surface area (Å²) in [6.45, 7) is 0.419. The van der Waals surface area contributed by atoms with Gasteiger partial charge >= 0.3 is 0 Å². The minimum Gasteiger partial charge on any atom is -0.392 e. The van der Waals surface area contributed by atoms with Crippen molar-refractivity contribution in [2.75, 3.05) is 13.6 Å². The van der Waals surface area contributed by atoms with Crippen molar-refractivity contribution in [3.8, 4) is 0 Å². The van der Waals surface area contributed by atoms with Crippen LogP contribution in [0.2, 0.25) is 0 Å². The van der Waals surface area contributed by atoms with Crippen LogP contribution in [0.25, 0.3) is 10.9 Å². The lowest BCUT2D eigenvalue weighted by Crippen LogP contribution is -2.25. The van der Waals surface area contributed by atoms with Crippen LogP contribution >= 0.6 is 0 Å². The smallest absolute Gasteiger partial charge is 0.246 e. The first-order chi connectivity index (χ1) is 9.11. The number of rotatable bonds is 1. The van der Waals surface area contributed by atoms with E-state index in [0.717, 1.165) is 16.5 Å². The lowest BCUT2D eigenvalue weighted by atomic mass is 10.2. The first-order valence-corrected chi connectivity index (χ1v) is 5.87. The minimum absolute atomic E-state index is 0.0995. The van der Waals surface area contributed by atoms with Gasteiger partial charge in [0.25, 0.3) is 0 Å². The number of hydrogen-bond acceptors (Lipinski definition) is 3. The van der Waals surface area contributed by atoms with E-state index in [1.165, 1.54) is 0 Å². The molecule has 3 rings (SSSR count). The molecule has 6 nitrogen and oxygen atoms in total. The molecule has 0 saturated carbocycles. The Morgan fingerprint density at radius 1 is 1.42 bits per heavy atom. The zero-order chi connectivity index (χ0) is 13.8. The molecular weight excluding hydrogens is 244 g/mol. The SMILES string of the molecule is CN1CC(=O)NC1=N.OCc1c[nH]c2ccccc12. The van der Waals surface area contributed by atoms with Gasteiger partial charge in [-0.3, -0.25) is 15.5 Å². The van der Waals surface area contributed by atoms with Crippen molar-refractivity contribution >= 4 is 22.8 Å². The number of aliphatic hydroxyl groups excluding tert-OH is 1. The van der Waals surface area contributed by atoms with E-state index in [9.17, 15) is 4.79 Å². The fraction of sp³-hybridized carbons (Fsp3) is 0.231. The standard InChI is InChI=1S/C9H9NO.C4H7N3O/c11-6-7-5-10-9-4-2-1-3-8(7)9;1-7-2-3(8)6-4(7)5/h1-5,10-11H,6H2;2H2,1H3,(H2,5,6,8). The number of aromatic amines is 1. The molecule has 1 aliphatic rings. The van der Waals surface area contributed by atoms with Crippen molar-refractivity contribution in [1.29, 1.82) is 5.41 Å². The largest absolute Gasteiger partial charge is 0.392 e. The van der Waals surface area contributed by atoms with Crippen molar-refractivity contribution in [3.05, 3.63) is 36.0 Å². The molecular formula is C13H16N4O2. The number of carbonyl (C=O) groups is 1. The molecule has 0 aliphatic carbocycles. The minimum atomic E-state index is -0.0995. The van der Waals surface area contributed by atoms with Gasteiger partial charge < -0.3 is 15.0 Å². The third-order valence-corrected chi connectivity index (χ3v) is 2.87. The fourth-order valence-corrected chi connectivity index (χ4v) is 1.82. The number of nitrogens with zero attached hydrogens (tertiary/aromatic N) is 1. The maximum Gasteiger partial charge on any atom is 0.246 e. The van der Waals surface area contributed by atoms with E-state index in [1.807, 2.05) is 30.5 Å². The van der Waals surface area contributed by atoms with E-state index in [0.29, 0.717) is 6.54 Å². The number of para-hydroxylation sites is 1. The number of nitrogens with one attached hydrogen (secondary N) is 3. The summed E-state index contributed by atoms with van der Waals surface area (Å²) in [4.78, 5) is 15.0. The van der Waals surface area contributed by atoms with Crippen LogP contribution in [-0.2, 0) is 11.4 Å². The molecule has 4 N–H and O–H groups in total. The summed E-state index contributed by atoms with van der Waals surface area (Å²) < 4.78 is 0. The average molecular weight is 260 g/mol. The Bertz CT molecular complexity index is 605. The zero-order valence-corrected chi connectivity index (χ0v) is 10.6. The van der Waals surface area contributed by atoms with Crippen LogP contribution in [0, 0.1) is 5.41 Å². The summed E-state index contributed by atoms with van der Waals surface area (Å²) in [6.07, 6.45) is 1.84. The third-order valence-electron chi connectivity index (χ3n) is 2.87. The van der Waals surface area contributed by atoms with Crippen LogP contribution in [0.15, 0.2) is 30.5 Å². The maximum absolute atomic E-state index is 10.4. The van der Waals surface area contributed by atoms with Crippen molar-refractivity contribution in [2.45, 2.75) is 6.61 Å². The van der Waals surface area contributed by atoms with E-state index >= 15 is 0 Å². The second kappa shape index (κ2) is 5.53. The molecule has 19 heavy (non-hydrogen) atoms. The Balaban J connectivity index is 0.000000148.